The van der Waals surface area contributed by atoms with Crippen LogP contribution in [0.25, 0.3) is 11.5 Å². The van der Waals surface area contributed by atoms with Crippen LogP contribution in [0, 0.1) is 6.92 Å². The average Bonchev–Trinajstić information content (AvgIpc) is 2.89. The van der Waals surface area contributed by atoms with Gasteiger partial charge in [0.25, 0.3) is 0 Å². The van der Waals surface area contributed by atoms with E-state index < -0.39 is 0 Å². The summed E-state index contributed by atoms with van der Waals surface area (Å²) in [5.41, 5.74) is 1.57. The van der Waals surface area contributed by atoms with Crippen molar-refractivity contribution in [2.45, 2.75) is 13.0 Å². The van der Waals surface area contributed by atoms with E-state index in [1.165, 1.54) is 0 Å². The molecule has 0 aliphatic carbocycles. The highest BCUT2D eigenvalue weighted by Crippen LogP contribution is 2.17. The second-order valence-corrected chi connectivity index (χ2v) is 4.36. The molecule has 0 saturated carbocycles. The third kappa shape index (κ3) is 2.45. The molecule has 2 N–H and O–H groups in total. The van der Waals surface area contributed by atoms with Gasteiger partial charge in [0.15, 0.2) is 0 Å². The van der Waals surface area contributed by atoms with Gasteiger partial charge in [-0.1, -0.05) is 11.2 Å². The van der Waals surface area contributed by atoms with Gasteiger partial charge in [0, 0.05) is 12.2 Å². The maximum Gasteiger partial charge on any atom is 0.245 e. The summed E-state index contributed by atoms with van der Waals surface area (Å²) >= 11 is 0. The van der Waals surface area contributed by atoms with Crippen molar-refractivity contribution in [2.24, 2.45) is 0 Å². The molecule has 1 aliphatic heterocycles. The van der Waals surface area contributed by atoms with E-state index in [1.54, 1.807) is 0 Å². The number of amides is 1. The molecular weight excluding hydrogens is 246 g/mol. The highest BCUT2D eigenvalue weighted by Gasteiger charge is 2.24. The Bertz CT molecular complexity index is 600. The molecule has 0 aromatic carbocycles. The lowest BCUT2D eigenvalue weighted by atomic mass is 10.2. The van der Waals surface area contributed by atoms with Gasteiger partial charge in [-0.25, -0.2) is 4.98 Å². The van der Waals surface area contributed by atoms with Crippen molar-refractivity contribution in [1.29, 1.82) is 0 Å². The van der Waals surface area contributed by atoms with Gasteiger partial charge >= 0.3 is 0 Å². The maximum absolute atomic E-state index is 11.1. The van der Waals surface area contributed by atoms with Gasteiger partial charge in [-0.05, 0) is 19.1 Å². The minimum Gasteiger partial charge on any atom is -0.353 e. The van der Waals surface area contributed by atoms with Crippen molar-refractivity contribution in [3.63, 3.8) is 0 Å². The highest BCUT2D eigenvalue weighted by atomic mass is 16.5. The maximum atomic E-state index is 11.1. The summed E-state index contributed by atoms with van der Waals surface area (Å²) in [6, 6.07) is 5.48. The molecule has 2 aromatic heterocycles. The summed E-state index contributed by atoms with van der Waals surface area (Å²) in [7, 11) is 0. The van der Waals surface area contributed by atoms with Crippen LogP contribution in [0.3, 0.4) is 0 Å². The van der Waals surface area contributed by atoms with Gasteiger partial charge in [0.05, 0.1) is 6.54 Å². The van der Waals surface area contributed by atoms with E-state index in [0.717, 1.165) is 5.69 Å². The predicted octanol–water partition coefficient (Wildman–Crippen LogP) is 0.201. The molecule has 0 radical (unpaired) electrons. The molecule has 19 heavy (non-hydrogen) atoms. The number of rotatable bonds is 2. The van der Waals surface area contributed by atoms with E-state index in [1.807, 2.05) is 25.1 Å². The molecule has 3 heterocycles. The summed E-state index contributed by atoms with van der Waals surface area (Å²) in [6.45, 7) is 2.61. The molecule has 1 atom stereocenters. The van der Waals surface area contributed by atoms with Gasteiger partial charge in [-0.3, -0.25) is 10.1 Å². The van der Waals surface area contributed by atoms with Gasteiger partial charge in [-0.15, -0.1) is 0 Å². The van der Waals surface area contributed by atoms with E-state index >= 15 is 0 Å². The number of carbonyl (C=O) groups is 1. The Labute approximate surface area is 109 Å². The molecule has 1 amide bonds. The minimum absolute atomic E-state index is 0.0312. The van der Waals surface area contributed by atoms with Crippen LogP contribution in [0.2, 0.25) is 0 Å². The van der Waals surface area contributed by atoms with Crippen molar-refractivity contribution < 1.29 is 9.32 Å². The van der Waals surface area contributed by atoms with Crippen molar-refractivity contribution in [3.05, 3.63) is 29.8 Å². The van der Waals surface area contributed by atoms with Crippen LogP contribution < -0.4 is 10.6 Å². The lowest BCUT2D eigenvalue weighted by Crippen LogP contribution is -2.47. The van der Waals surface area contributed by atoms with Gasteiger partial charge in [-0.2, -0.15) is 4.98 Å². The van der Waals surface area contributed by atoms with Crippen molar-refractivity contribution >= 4 is 5.91 Å². The van der Waals surface area contributed by atoms with Crippen LogP contribution in [0.15, 0.2) is 22.7 Å². The molecular formula is C12H13N5O2. The Balaban J connectivity index is 1.81. The summed E-state index contributed by atoms with van der Waals surface area (Å²) in [5.74, 6) is 0.882. The normalized spacial score (nSPS) is 19.2. The zero-order chi connectivity index (χ0) is 13.2. The number of aromatic nitrogens is 3. The molecule has 7 heteroatoms. The standard InChI is InChI=1S/C12H13N5O2/c1-7-3-2-4-8(15-7)11-16-12(19-17-11)9-5-14-10(18)6-13-9/h2-4,9,13H,5-6H2,1H3,(H,14,18). The average molecular weight is 259 g/mol. The lowest BCUT2D eigenvalue weighted by molar-refractivity contribution is -0.121. The fraction of sp³-hybridized carbons (Fsp3) is 0.333. The van der Waals surface area contributed by atoms with E-state index in [4.69, 9.17) is 4.52 Å². The number of nitrogens with one attached hydrogen (secondary N) is 2. The van der Waals surface area contributed by atoms with E-state index in [0.29, 0.717) is 24.0 Å². The topological polar surface area (TPSA) is 92.9 Å². The number of pyridine rings is 1. The number of aryl methyl sites for hydroxylation is 1. The minimum atomic E-state index is -0.149. The van der Waals surface area contributed by atoms with E-state index in [-0.39, 0.29) is 18.5 Å². The smallest absolute Gasteiger partial charge is 0.245 e. The SMILES string of the molecule is Cc1cccc(-c2noc(C3CNC(=O)CN3)n2)n1. The molecule has 1 aliphatic rings. The summed E-state index contributed by atoms with van der Waals surface area (Å²) in [4.78, 5) is 19.7. The first-order valence-corrected chi connectivity index (χ1v) is 6.00. The van der Waals surface area contributed by atoms with E-state index in [2.05, 4.69) is 25.8 Å². The van der Waals surface area contributed by atoms with E-state index in [9.17, 15) is 4.79 Å². The largest absolute Gasteiger partial charge is 0.353 e. The second-order valence-electron chi connectivity index (χ2n) is 4.36. The molecule has 2 aromatic rings. The Morgan fingerprint density at radius 1 is 1.37 bits per heavy atom. The highest BCUT2D eigenvalue weighted by molar-refractivity contribution is 5.78. The Morgan fingerprint density at radius 3 is 3.00 bits per heavy atom. The Hall–Kier alpha value is -2.28. The van der Waals surface area contributed by atoms with Gasteiger partial charge in [0.1, 0.15) is 11.7 Å². The first-order valence-electron chi connectivity index (χ1n) is 6.00. The third-order valence-corrected chi connectivity index (χ3v) is 2.87. The molecule has 1 fully saturated rings. The third-order valence-electron chi connectivity index (χ3n) is 2.87. The number of piperazine rings is 1. The van der Waals surface area contributed by atoms with Crippen LogP contribution in [0.1, 0.15) is 17.6 Å². The molecule has 98 valence electrons. The van der Waals surface area contributed by atoms with Gasteiger partial charge in [0.2, 0.25) is 17.6 Å². The first kappa shape index (κ1) is 11.8. The fourth-order valence-electron chi connectivity index (χ4n) is 1.89. The predicted molar refractivity (Wildman–Crippen MR) is 66.0 cm³/mol. The summed E-state index contributed by atoms with van der Waals surface area (Å²) < 4.78 is 5.22. The number of hydrogen-bond donors (Lipinski definition) is 2. The van der Waals surface area contributed by atoms with Crippen molar-refractivity contribution in [1.82, 2.24) is 25.8 Å². The van der Waals surface area contributed by atoms with Crippen molar-refractivity contribution in [3.8, 4) is 11.5 Å². The molecule has 3 rings (SSSR count). The monoisotopic (exact) mass is 259 g/mol. The number of nitrogens with zero attached hydrogens (tertiary/aromatic N) is 3. The van der Waals surface area contributed by atoms with Crippen molar-refractivity contribution in [2.75, 3.05) is 13.1 Å². The molecule has 1 unspecified atom stereocenters. The number of carbonyl (C=O) groups excluding carboxylic acids is 1. The first-order chi connectivity index (χ1) is 9.22. The number of hydrogen-bond acceptors (Lipinski definition) is 6. The fourth-order valence-corrected chi connectivity index (χ4v) is 1.89. The van der Waals surface area contributed by atoms with Crippen LogP contribution in [-0.4, -0.2) is 34.1 Å². The molecule has 0 spiro atoms. The lowest BCUT2D eigenvalue weighted by Gasteiger charge is -2.20. The summed E-state index contributed by atoms with van der Waals surface area (Å²) in [5, 5.41) is 9.70. The molecule has 0 bridgehead atoms. The van der Waals surface area contributed by atoms with Crippen LogP contribution in [0.4, 0.5) is 0 Å². The van der Waals surface area contributed by atoms with Gasteiger partial charge < -0.3 is 9.84 Å². The second kappa shape index (κ2) is 4.77. The zero-order valence-corrected chi connectivity index (χ0v) is 10.4. The van der Waals surface area contributed by atoms with Crippen LogP contribution in [0.5, 0.6) is 0 Å². The molecule has 7 nitrogen and oxygen atoms in total. The summed E-state index contributed by atoms with van der Waals surface area (Å²) in [6.07, 6.45) is 0. The quantitative estimate of drug-likeness (QED) is 0.800. The Morgan fingerprint density at radius 2 is 2.26 bits per heavy atom. The Kier molecular flexibility index (Phi) is 2.96. The van der Waals surface area contributed by atoms with Crippen LogP contribution in [-0.2, 0) is 4.79 Å². The molecule has 1 saturated heterocycles. The van der Waals surface area contributed by atoms with Crippen LogP contribution >= 0.6 is 0 Å². The zero-order valence-electron chi connectivity index (χ0n) is 10.4.